The molecule has 1 amide bonds. The Morgan fingerprint density at radius 1 is 1.11 bits per heavy atom. The molecule has 1 aromatic carbocycles. The average molecular weight is 513 g/mol. The third-order valence-corrected chi connectivity index (χ3v) is 10.6. The number of pyridine rings is 1. The van der Waals surface area contributed by atoms with Gasteiger partial charge in [0.1, 0.15) is 11.7 Å². The molecule has 2 rings (SSSR count). The highest BCUT2D eigenvalue weighted by Crippen LogP contribution is 2.37. The second-order valence-corrected chi connectivity index (χ2v) is 14.4. The molecule has 1 heterocycles. The van der Waals surface area contributed by atoms with Crippen LogP contribution in [0.2, 0.25) is 18.1 Å². The fourth-order valence-electron chi connectivity index (χ4n) is 2.97. The Morgan fingerprint density at radius 2 is 1.71 bits per heavy atom. The van der Waals surface area contributed by atoms with E-state index in [9.17, 15) is 27.9 Å². The first kappa shape index (κ1) is 28.3. The molecule has 0 aliphatic heterocycles. The van der Waals surface area contributed by atoms with Crippen LogP contribution < -0.4 is 4.74 Å². The third kappa shape index (κ3) is 7.28. The van der Waals surface area contributed by atoms with E-state index in [1.54, 1.807) is 30.3 Å². The highest BCUT2D eigenvalue weighted by Gasteiger charge is 2.41. The number of amides is 1. The molecule has 0 unspecified atom stereocenters. The molecule has 1 atom stereocenters. The zero-order valence-corrected chi connectivity index (χ0v) is 21.6. The molecule has 0 aliphatic carbocycles. The van der Waals surface area contributed by atoms with Crippen molar-refractivity contribution in [2.24, 2.45) is 0 Å². The first-order valence-electron chi connectivity index (χ1n) is 10.9. The standard InChI is InChI=1S/C24H31F3N2O5Si/c1-23(2,3)35(5,6)34-15-19(29(22(31)32)14-16-10-8-7-9-11-16)21(30)18-12-17(24(25,26)27)13-20(28-18)33-4/h7-13,19H,14-15H2,1-6H3,(H,31,32)/t19-/m0/s1. The van der Waals surface area contributed by atoms with Crippen LogP contribution in [0.25, 0.3) is 0 Å². The Hall–Kier alpha value is -2.92. The summed E-state index contributed by atoms with van der Waals surface area (Å²) >= 11 is 0. The summed E-state index contributed by atoms with van der Waals surface area (Å²) in [5.41, 5.74) is -1.07. The molecule has 11 heteroatoms. The third-order valence-electron chi connectivity index (χ3n) is 6.12. The van der Waals surface area contributed by atoms with Crippen LogP contribution >= 0.6 is 0 Å². The number of alkyl halides is 3. The number of halogens is 3. The molecule has 0 aliphatic rings. The van der Waals surface area contributed by atoms with E-state index in [4.69, 9.17) is 9.16 Å². The lowest BCUT2D eigenvalue weighted by Crippen LogP contribution is -2.51. The predicted octanol–water partition coefficient (Wildman–Crippen LogP) is 5.86. The van der Waals surface area contributed by atoms with E-state index in [1.165, 1.54) is 0 Å². The molecule has 2 aromatic rings. The monoisotopic (exact) mass is 512 g/mol. The molecule has 35 heavy (non-hydrogen) atoms. The van der Waals surface area contributed by atoms with Crippen LogP contribution in [-0.4, -0.2) is 54.9 Å². The number of Topliss-reactive ketones (excluding diaryl/α,β-unsaturated/α-hetero) is 1. The number of rotatable bonds is 9. The summed E-state index contributed by atoms with van der Waals surface area (Å²) in [7, 11) is -1.31. The van der Waals surface area contributed by atoms with Crippen molar-refractivity contribution < 1.29 is 37.0 Å². The summed E-state index contributed by atoms with van der Waals surface area (Å²) in [6, 6.07) is 8.44. The van der Waals surface area contributed by atoms with Crippen molar-refractivity contribution in [1.82, 2.24) is 9.88 Å². The summed E-state index contributed by atoms with van der Waals surface area (Å²) in [5.74, 6) is -1.32. The average Bonchev–Trinajstić information content (AvgIpc) is 2.77. The van der Waals surface area contributed by atoms with E-state index in [0.29, 0.717) is 17.7 Å². The summed E-state index contributed by atoms with van der Waals surface area (Å²) in [6.07, 6.45) is -6.17. The van der Waals surface area contributed by atoms with Gasteiger partial charge in [-0.1, -0.05) is 51.1 Å². The molecule has 0 radical (unpaired) electrons. The minimum atomic E-state index is -4.76. The maximum absolute atomic E-state index is 13.5. The normalized spacial score (nSPS) is 13.3. The Morgan fingerprint density at radius 3 is 2.20 bits per heavy atom. The number of benzene rings is 1. The van der Waals surface area contributed by atoms with Gasteiger partial charge in [-0.3, -0.25) is 9.69 Å². The van der Waals surface area contributed by atoms with E-state index < -0.39 is 49.5 Å². The van der Waals surface area contributed by atoms with Gasteiger partial charge in [0.15, 0.2) is 8.32 Å². The maximum atomic E-state index is 13.5. The molecule has 0 bridgehead atoms. The van der Waals surface area contributed by atoms with Gasteiger partial charge in [-0.2, -0.15) is 13.2 Å². The molecular formula is C24H31F3N2O5Si. The summed E-state index contributed by atoms with van der Waals surface area (Å²) in [6.45, 7) is 9.32. The number of methoxy groups -OCH3 is 1. The Labute approximate surface area is 204 Å². The van der Waals surface area contributed by atoms with E-state index in [-0.39, 0.29) is 18.2 Å². The summed E-state index contributed by atoms with van der Waals surface area (Å²) in [4.78, 5) is 30.6. The molecule has 0 saturated heterocycles. The van der Waals surface area contributed by atoms with Gasteiger partial charge in [-0.25, -0.2) is 9.78 Å². The molecule has 0 saturated carbocycles. The van der Waals surface area contributed by atoms with Crippen LogP contribution in [0.3, 0.4) is 0 Å². The topological polar surface area (TPSA) is 89.0 Å². The van der Waals surface area contributed by atoms with Crippen molar-refractivity contribution in [2.75, 3.05) is 13.7 Å². The molecule has 7 nitrogen and oxygen atoms in total. The lowest BCUT2D eigenvalue weighted by Gasteiger charge is -2.38. The number of ketones is 1. The fraction of sp³-hybridized carbons (Fsp3) is 0.458. The number of nitrogens with zero attached hydrogens (tertiary/aromatic N) is 2. The number of ether oxygens (including phenoxy) is 1. The van der Waals surface area contributed by atoms with Crippen LogP contribution in [0, 0.1) is 0 Å². The van der Waals surface area contributed by atoms with Crippen molar-refractivity contribution in [1.29, 1.82) is 0 Å². The van der Waals surface area contributed by atoms with Crippen molar-refractivity contribution >= 4 is 20.2 Å². The minimum absolute atomic E-state index is 0.163. The Bertz CT molecular complexity index is 1040. The van der Waals surface area contributed by atoms with Gasteiger partial charge in [0.25, 0.3) is 0 Å². The van der Waals surface area contributed by atoms with E-state index in [0.717, 1.165) is 12.0 Å². The quantitative estimate of drug-likeness (QED) is 0.334. The van der Waals surface area contributed by atoms with Crippen molar-refractivity contribution in [3.63, 3.8) is 0 Å². The summed E-state index contributed by atoms with van der Waals surface area (Å²) in [5, 5.41) is 9.73. The van der Waals surface area contributed by atoms with Crippen LogP contribution in [0.15, 0.2) is 42.5 Å². The van der Waals surface area contributed by atoms with Crippen molar-refractivity contribution in [3.05, 3.63) is 59.3 Å². The van der Waals surface area contributed by atoms with E-state index in [2.05, 4.69) is 4.98 Å². The maximum Gasteiger partial charge on any atom is 0.416 e. The van der Waals surface area contributed by atoms with Crippen LogP contribution in [0.4, 0.5) is 18.0 Å². The lowest BCUT2D eigenvalue weighted by atomic mass is 10.1. The fourth-order valence-corrected chi connectivity index (χ4v) is 3.98. The number of carboxylic acid groups (broad SMARTS) is 1. The highest BCUT2D eigenvalue weighted by atomic mass is 28.4. The smallest absolute Gasteiger partial charge is 0.416 e. The summed E-state index contributed by atoms with van der Waals surface area (Å²) < 4.78 is 51.3. The number of hydrogen-bond acceptors (Lipinski definition) is 5. The van der Waals surface area contributed by atoms with Gasteiger partial charge in [0.05, 0.1) is 19.3 Å². The van der Waals surface area contributed by atoms with Crippen LogP contribution in [0.5, 0.6) is 5.88 Å². The second kappa shape index (κ2) is 10.8. The minimum Gasteiger partial charge on any atom is -0.481 e. The zero-order chi connectivity index (χ0) is 26.6. The highest BCUT2D eigenvalue weighted by molar-refractivity contribution is 6.74. The van der Waals surface area contributed by atoms with Gasteiger partial charge in [0.2, 0.25) is 11.7 Å². The number of aromatic nitrogens is 1. The zero-order valence-electron chi connectivity index (χ0n) is 20.6. The van der Waals surface area contributed by atoms with Gasteiger partial charge in [-0.05, 0) is 29.8 Å². The lowest BCUT2D eigenvalue weighted by molar-refractivity contribution is -0.137. The molecule has 1 aromatic heterocycles. The van der Waals surface area contributed by atoms with Gasteiger partial charge >= 0.3 is 12.3 Å². The van der Waals surface area contributed by atoms with Crippen molar-refractivity contribution in [3.8, 4) is 5.88 Å². The Balaban J connectivity index is 2.55. The molecular weight excluding hydrogens is 481 g/mol. The largest absolute Gasteiger partial charge is 0.481 e. The first-order chi connectivity index (χ1) is 16.1. The van der Waals surface area contributed by atoms with Crippen LogP contribution in [0.1, 0.15) is 42.4 Å². The molecule has 1 N–H and O–H groups in total. The molecule has 192 valence electrons. The van der Waals surface area contributed by atoms with Crippen LogP contribution in [-0.2, 0) is 17.1 Å². The first-order valence-corrected chi connectivity index (χ1v) is 13.8. The SMILES string of the molecule is COc1cc(C(F)(F)F)cc(C(=O)[C@H](CO[Si](C)(C)C(C)(C)C)N(Cc2ccccc2)C(=O)O)n1. The second-order valence-electron chi connectivity index (χ2n) is 9.63. The molecule has 0 spiro atoms. The van der Waals surface area contributed by atoms with E-state index >= 15 is 0 Å². The van der Waals surface area contributed by atoms with Gasteiger partial charge < -0.3 is 14.3 Å². The van der Waals surface area contributed by atoms with E-state index in [1.807, 2.05) is 33.9 Å². The number of carbonyl (C=O) groups excluding carboxylic acids is 1. The van der Waals surface area contributed by atoms with Gasteiger partial charge in [0, 0.05) is 12.6 Å². The number of carbonyl (C=O) groups is 2. The molecule has 0 fully saturated rings. The predicted molar refractivity (Wildman–Crippen MR) is 127 cm³/mol. The van der Waals surface area contributed by atoms with Gasteiger partial charge in [-0.15, -0.1) is 0 Å². The number of hydrogen-bond donors (Lipinski definition) is 1. The van der Waals surface area contributed by atoms with Crippen molar-refractivity contribution in [2.45, 2.75) is 57.7 Å². The Kier molecular flexibility index (Phi) is 8.72.